The molecule has 1 amide bonds. The summed E-state index contributed by atoms with van der Waals surface area (Å²) in [4.78, 5) is 26.2. The van der Waals surface area contributed by atoms with Crippen molar-refractivity contribution in [2.24, 2.45) is 0 Å². The van der Waals surface area contributed by atoms with Gasteiger partial charge in [0, 0.05) is 12.1 Å². The number of nitrogens with one attached hydrogen (secondary N) is 2. The minimum Gasteiger partial charge on any atom is -0.481 e. The van der Waals surface area contributed by atoms with Crippen LogP contribution >= 0.6 is 0 Å². The number of carboxylic acids is 1. The lowest BCUT2D eigenvalue weighted by Crippen LogP contribution is -2.15. The van der Waals surface area contributed by atoms with Crippen molar-refractivity contribution in [1.29, 1.82) is 0 Å². The molecule has 0 spiro atoms. The highest BCUT2D eigenvalue weighted by molar-refractivity contribution is 6.02. The number of amides is 1. The average molecular weight is 275 g/mol. The van der Waals surface area contributed by atoms with Crippen molar-refractivity contribution in [3.8, 4) is 0 Å². The summed E-state index contributed by atoms with van der Waals surface area (Å²) in [5, 5.41) is 17.3. The highest BCUT2D eigenvalue weighted by Gasteiger charge is 2.13. The first-order valence-electron chi connectivity index (χ1n) is 5.85. The number of hydrogen-bond acceptors (Lipinski definition) is 5. The number of anilines is 2. The van der Waals surface area contributed by atoms with E-state index in [9.17, 15) is 9.59 Å². The third-order valence-corrected chi connectivity index (χ3v) is 2.59. The van der Waals surface area contributed by atoms with Crippen molar-refractivity contribution in [2.75, 3.05) is 11.1 Å². The zero-order valence-electron chi connectivity index (χ0n) is 10.5. The Morgan fingerprint density at radius 1 is 1.35 bits per heavy atom. The number of aromatic nitrogens is 3. The molecule has 2 aromatic rings. The van der Waals surface area contributed by atoms with E-state index in [-0.39, 0.29) is 18.2 Å². The number of hydrogen-bond donors (Lipinski definition) is 4. The lowest BCUT2D eigenvalue weighted by molar-refractivity contribution is -0.136. The first-order chi connectivity index (χ1) is 9.56. The standard InChI is InChI=1S/C12H13N5O3/c13-12-15-10(16-17-12)11(20)14-8-4-2-1-3-7(8)5-6-9(18)19/h1-4H,5-6H2,(H,14,20)(H,18,19)(H3,13,15,16,17). The summed E-state index contributed by atoms with van der Waals surface area (Å²) in [6.07, 6.45) is 0.312. The predicted molar refractivity (Wildman–Crippen MR) is 71.1 cm³/mol. The van der Waals surface area contributed by atoms with Crippen LogP contribution in [0.25, 0.3) is 0 Å². The maximum absolute atomic E-state index is 11.9. The molecule has 8 heteroatoms. The van der Waals surface area contributed by atoms with E-state index < -0.39 is 11.9 Å². The molecule has 0 saturated carbocycles. The summed E-state index contributed by atoms with van der Waals surface area (Å²) in [6, 6.07) is 6.97. The number of carbonyl (C=O) groups excluding carboxylic acids is 1. The van der Waals surface area contributed by atoms with Gasteiger partial charge in [-0.3, -0.25) is 14.7 Å². The zero-order chi connectivity index (χ0) is 14.5. The van der Waals surface area contributed by atoms with E-state index in [0.717, 1.165) is 5.56 Å². The maximum atomic E-state index is 11.9. The SMILES string of the molecule is Nc1n[nH]c(C(=O)Nc2ccccc2CCC(=O)O)n1. The summed E-state index contributed by atoms with van der Waals surface area (Å²) in [5.41, 5.74) is 6.59. The fourth-order valence-electron chi connectivity index (χ4n) is 1.66. The van der Waals surface area contributed by atoms with Crippen LogP contribution in [0.3, 0.4) is 0 Å². The van der Waals surface area contributed by atoms with Gasteiger partial charge in [0.05, 0.1) is 0 Å². The molecule has 1 heterocycles. The predicted octanol–water partition coefficient (Wildman–Crippen LogP) is 0.656. The molecule has 8 nitrogen and oxygen atoms in total. The van der Waals surface area contributed by atoms with Crippen LogP contribution in [0.4, 0.5) is 11.6 Å². The molecule has 1 aromatic heterocycles. The molecule has 0 aliphatic carbocycles. The largest absolute Gasteiger partial charge is 0.481 e. The Balaban J connectivity index is 2.12. The van der Waals surface area contributed by atoms with E-state index in [1.807, 2.05) is 0 Å². The Morgan fingerprint density at radius 2 is 2.10 bits per heavy atom. The lowest BCUT2D eigenvalue weighted by atomic mass is 10.1. The number of H-pyrrole nitrogens is 1. The summed E-state index contributed by atoms with van der Waals surface area (Å²) in [6.45, 7) is 0. The van der Waals surface area contributed by atoms with Crippen LogP contribution in [0.2, 0.25) is 0 Å². The fraction of sp³-hybridized carbons (Fsp3) is 0.167. The monoisotopic (exact) mass is 275 g/mol. The van der Waals surface area contributed by atoms with Crippen LogP contribution in [-0.2, 0) is 11.2 Å². The molecular weight excluding hydrogens is 262 g/mol. The van der Waals surface area contributed by atoms with Crippen molar-refractivity contribution in [3.63, 3.8) is 0 Å². The summed E-state index contributed by atoms with van der Waals surface area (Å²) >= 11 is 0. The Kier molecular flexibility index (Phi) is 3.94. The molecule has 1 aromatic carbocycles. The molecule has 2 rings (SSSR count). The van der Waals surface area contributed by atoms with Crippen molar-refractivity contribution in [1.82, 2.24) is 15.2 Å². The van der Waals surface area contributed by atoms with Crippen LogP contribution in [-0.4, -0.2) is 32.2 Å². The zero-order valence-corrected chi connectivity index (χ0v) is 10.5. The molecule has 20 heavy (non-hydrogen) atoms. The molecule has 0 aliphatic heterocycles. The smallest absolute Gasteiger partial charge is 0.303 e. The molecule has 0 unspecified atom stereocenters. The highest BCUT2D eigenvalue weighted by atomic mass is 16.4. The van der Waals surface area contributed by atoms with Gasteiger partial charge in [-0.15, -0.1) is 5.10 Å². The molecule has 104 valence electrons. The lowest BCUT2D eigenvalue weighted by Gasteiger charge is -2.09. The molecule has 5 N–H and O–H groups in total. The van der Waals surface area contributed by atoms with Gasteiger partial charge >= 0.3 is 5.97 Å². The molecule has 0 fully saturated rings. The summed E-state index contributed by atoms with van der Waals surface area (Å²) in [5.74, 6) is -1.41. The number of rotatable bonds is 5. The van der Waals surface area contributed by atoms with Crippen molar-refractivity contribution in [2.45, 2.75) is 12.8 Å². The normalized spacial score (nSPS) is 10.2. The van der Waals surface area contributed by atoms with Crippen LogP contribution in [0.1, 0.15) is 22.6 Å². The second-order valence-electron chi connectivity index (χ2n) is 4.05. The topological polar surface area (TPSA) is 134 Å². The Hall–Kier alpha value is -2.90. The summed E-state index contributed by atoms with van der Waals surface area (Å²) in [7, 11) is 0. The third kappa shape index (κ3) is 3.31. The number of para-hydroxylation sites is 1. The number of carbonyl (C=O) groups is 2. The summed E-state index contributed by atoms with van der Waals surface area (Å²) < 4.78 is 0. The highest BCUT2D eigenvalue weighted by Crippen LogP contribution is 2.17. The van der Waals surface area contributed by atoms with E-state index in [1.165, 1.54) is 0 Å². The Bertz CT molecular complexity index is 638. The minimum atomic E-state index is -0.894. The number of aliphatic carboxylic acids is 1. The molecule has 0 atom stereocenters. The number of aryl methyl sites for hydroxylation is 1. The van der Waals surface area contributed by atoms with Crippen LogP contribution in [0.15, 0.2) is 24.3 Å². The Labute approximate surface area is 114 Å². The first kappa shape index (κ1) is 13.5. The van der Waals surface area contributed by atoms with Crippen LogP contribution in [0, 0.1) is 0 Å². The average Bonchev–Trinajstić information content (AvgIpc) is 2.84. The van der Waals surface area contributed by atoms with Crippen LogP contribution in [0.5, 0.6) is 0 Å². The van der Waals surface area contributed by atoms with Gasteiger partial charge < -0.3 is 16.2 Å². The van der Waals surface area contributed by atoms with Gasteiger partial charge in [-0.25, -0.2) is 0 Å². The first-order valence-corrected chi connectivity index (χ1v) is 5.85. The second-order valence-corrected chi connectivity index (χ2v) is 4.05. The van der Waals surface area contributed by atoms with E-state index in [2.05, 4.69) is 20.5 Å². The van der Waals surface area contributed by atoms with E-state index in [4.69, 9.17) is 10.8 Å². The number of aromatic amines is 1. The van der Waals surface area contributed by atoms with E-state index in [1.54, 1.807) is 24.3 Å². The van der Waals surface area contributed by atoms with E-state index in [0.29, 0.717) is 12.1 Å². The number of benzene rings is 1. The van der Waals surface area contributed by atoms with Crippen molar-refractivity contribution < 1.29 is 14.7 Å². The second kappa shape index (κ2) is 5.83. The van der Waals surface area contributed by atoms with Gasteiger partial charge in [0.1, 0.15) is 0 Å². The maximum Gasteiger partial charge on any atom is 0.303 e. The van der Waals surface area contributed by atoms with Crippen LogP contribution < -0.4 is 11.1 Å². The quantitative estimate of drug-likeness (QED) is 0.633. The molecular formula is C12H13N5O3. The van der Waals surface area contributed by atoms with Gasteiger partial charge in [-0.05, 0) is 18.1 Å². The molecule has 0 saturated heterocycles. The van der Waals surface area contributed by atoms with Gasteiger partial charge in [-0.1, -0.05) is 18.2 Å². The number of nitrogens with zero attached hydrogens (tertiary/aromatic N) is 2. The Morgan fingerprint density at radius 3 is 2.75 bits per heavy atom. The molecule has 0 aliphatic rings. The van der Waals surface area contributed by atoms with Gasteiger partial charge in [-0.2, -0.15) is 4.98 Å². The number of carboxylic acid groups (broad SMARTS) is 1. The van der Waals surface area contributed by atoms with Crippen molar-refractivity contribution in [3.05, 3.63) is 35.7 Å². The molecule has 0 bridgehead atoms. The van der Waals surface area contributed by atoms with Gasteiger partial charge in [0.2, 0.25) is 11.8 Å². The number of nitrogen functional groups attached to an aromatic ring is 1. The third-order valence-electron chi connectivity index (χ3n) is 2.59. The van der Waals surface area contributed by atoms with Gasteiger partial charge in [0.15, 0.2) is 0 Å². The minimum absolute atomic E-state index is 0.00413. The fourth-order valence-corrected chi connectivity index (χ4v) is 1.66. The number of nitrogens with two attached hydrogens (primary N) is 1. The molecule has 0 radical (unpaired) electrons. The van der Waals surface area contributed by atoms with Gasteiger partial charge in [0.25, 0.3) is 5.91 Å². The van der Waals surface area contributed by atoms with E-state index >= 15 is 0 Å². The van der Waals surface area contributed by atoms with Crippen molar-refractivity contribution >= 4 is 23.5 Å².